The molecule has 190 valence electrons. The van der Waals surface area contributed by atoms with Gasteiger partial charge in [0.25, 0.3) is 0 Å². The summed E-state index contributed by atoms with van der Waals surface area (Å²) in [4.78, 5) is 78.6. The number of carbonyl (C=O) groups is 6. The number of Topliss-reactive ketones (excluding diaryl/α,β-unsaturated/α-hetero) is 1. The summed E-state index contributed by atoms with van der Waals surface area (Å²) >= 11 is 0.793. The summed E-state index contributed by atoms with van der Waals surface area (Å²) in [5, 5.41) is 12.9. The molecule has 0 saturated carbocycles. The summed E-state index contributed by atoms with van der Waals surface area (Å²) < 4.78 is 21.1. The molecule has 1 rings (SSSR count). The van der Waals surface area contributed by atoms with Crippen LogP contribution in [0.5, 0.6) is 0 Å². The Morgan fingerprint density at radius 1 is 1.09 bits per heavy atom. The van der Waals surface area contributed by atoms with Crippen LogP contribution in [0.15, 0.2) is 12.2 Å². The van der Waals surface area contributed by atoms with Gasteiger partial charge in [0.15, 0.2) is 17.0 Å². The second-order valence-electron chi connectivity index (χ2n) is 7.86. The zero-order valence-electron chi connectivity index (χ0n) is 18.6. The molecule has 0 aromatic rings. The van der Waals surface area contributed by atoms with Crippen LogP contribution in [0.2, 0.25) is 0 Å². The highest BCUT2D eigenvalue weighted by Gasteiger charge is 2.47. The van der Waals surface area contributed by atoms with Crippen LogP contribution in [0.4, 0.5) is 0 Å². The molecule has 1 heterocycles. The molecular weight excluding hydrogens is 495 g/mol. The Hall–Kier alpha value is -2.38. The molecule has 1 aliphatic rings. The van der Waals surface area contributed by atoms with Gasteiger partial charge in [0.05, 0.1) is 19.4 Å². The zero-order valence-corrected chi connectivity index (χ0v) is 20.3. The number of hydrogen-bond donors (Lipinski definition) is 4. The molecule has 2 atom stereocenters. The highest BCUT2D eigenvalue weighted by atomic mass is 32.2. The van der Waals surface area contributed by atoms with Gasteiger partial charge in [-0.05, 0) is 6.08 Å². The molecular formula is C19H27N2O11PS. The highest BCUT2D eigenvalue weighted by molar-refractivity contribution is 8.13. The first-order valence-electron chi connectivity index (χ1n) is 10.0. The van der Waals surface area contributed by atoms with Gasteiger partial charge in [0, 0.05) is 36.8 Å². The molecule has 1 fully saturated rings. The predicted octanol–water partition coefficient (Wildman–Crippen LogP) is -0.0301. The van der Waals surface area contributed by atoms with Crippen molar-refractivity contribution in [3.05, 3.63) is 12.2 Å². The first-order chi connectivity index (χ1) is 15.7. The van der Waals surface area contributed by atoms with Crippen LogP contribution >= 0.6 is 19.6 Å². The van der Waals surface area contributed by atoms with Crippen molar-refractivity contribution < 1.29 is 52.4 Å². The van der Waals surface area contributed by atoms with Crippen LogP contribution in [0, 0.1) is 5.41 Å². The maximum Gasteiger partial charge on any atom is 0.472 e. The predicted molar refractivity (Wildman–Crippen MR) is 119 cm³/mol. The number of carboxylic acids is 1. The van der Waals surface area contributed by atoms with Gasteiger partial charge in [-0.15, -0.1) is 0 Å². The van der Waals surface area contributed by atoms with E-state index in [0.717, 1.165) is 17.8 Å². The average Bonchev–Trinajstić information content (AvgIpc) is 2.71. The Morgan fingerprint density at radius 3 is 2.41 bits per heavy atom. The number of nitrogens with one attached hydrogen (secondary N) is 2. The SMILES string of the molecule is CC1(C)COP(=O)(O)O[C@H]1C(=O)NCCC(=O)NCCSC(=O)CC(=O)CC(=O)/C=C/C(=O)O. The molecule has 0 spiro atoms. The number of phosphoric acid groups is 1. The van der Waals surface area contributed by atoms with E-state index in [0.29, 0.717) is 6.08 Å². The molecule has 1 unspecified atom stereocenters. The molecule has 0 aliphatic carbocycles. The minimum absolute atomic E-state index is 0.0534. The molecule has 15 heteroatoms. The van der Waals surface area contributed by atoms with E-state index in [1.54, 1.807) is 13.8 Å². The standard InChI is InChI=1S/C19H27N2O11PS/c1-19(2)11-31-33(29,30)32-17(19)18(28)21-6-5-14(24)20-7-8-34-16(27)10-13(23)9-12(22)3-4-15(25)26/h3-4,17H,5-11H2,1-2H3,(H,20,24)(H,21,28)(H,25,26)(H,29,30)/b4-3+/t17-/m0/s1. The Morgan fingerprint density at radius 2 is 1.76 bits per heavy atom. The summed E-state index contributed by atoms with van der Waals surface area (Å²) in [7, 11) is -4.31. The van der Waals surface area contributed by atoms with Gasteiger partial charge in [-0.3, -0.25) is 33.0 Å². The minimum Gasteiger partial charge on any atom is -0.478 e. The molecule has 0 bridgehead atoms. The number of hydrogen-bond acceptors (Lipinski definition) is 10. The van der Waals surface area contributed by atoms with Crippen LogP contribution in [0.25, 0.3) is 0 Å². The Kier molecular flexibility index (Phi) is 11.8. The Balaban J connectivity index is 2.23. The maximum absolute atomic E-state index is 12.3. The van der Waals surface area contributed by atoms with Crippen LogP contribution in [-0.2, 0) is 42.4 Å². The Bertz CT molecular complexity index is 903. The molecule has 1 aliphatic heterocycles. The summed E-state index contributed by atoms with van der Waals surface area (Å²) in [5.74, 6) is -3.59. The summed E-state index contributed by atoms with van der Waals surface area (Å²) in [6, 6.07) is 0. The van der Waals surface area contributed by atoms with Gasteiger partial charge in [-0.2, -0.15) is 0 Å². The smallest absolute Gasteiger partial charge is 0.472 e. The van der Waals surface area contributed by atoms with Crippen LogP contribution in [0.3, 0.4) is 0 Å². The molecule has 13 nitrogen and oxygen atoms in total. The van der Waals surface area contributed by atoms with Gasteiger partial charge in [-0.25, -0.2) is 9.36 Å². The van der Waals surface area contributed by atoms with Crippen molar-refractivity contribution in [3.63, 3.8) is 0 Å². The second kappa shape index (κ2) is 13.5. The fraction of sp³-hybridized carbons (Fsp3) is 0.579. The third kappa shape index (κ3) is 11.7. The first kappa shape index (κ1) is 29.7. The van der Waals surface area contributed by atoms with Gasteiger partial charge in [0.1, 0.15) is 5.78 Å². The van der Waals surface area contributed by atoms with E-state index in [1.165, 1.54) is 0 Å². The van der Waals surface area contributed by atoms with Gasteiger partial charge >= 0.3 is 13.8 Å². The number of ketones is 2. The topological polar surface area (TPSA) is 202 Å². The lowest BCUT2D eigenvalue weighted by atomic mass is 9.87. The zero-order chi connectivity index (χ0) is 25.9. The third-order valence-electron chi connectivity index (χ3n) is 4.25. The lowest BCUT2D eigenvalue weighted by Crippen LogP contribution is -2.49. The minimum atomic E-state index is -4.31. The molecule has 34 heavy (non-hydrogen) atoms. The third-order valence-corrected chi connectivity index (χ3v) is 6.06. The average molecular weight is 522 g/mol. The van der Waals surface area contributed by atoms with Gasteiger partial charge < -0.3 is 20.6 Å². The van der Waals surface area contributed by atoms with Crippen molar-refractivity contribution in [3.8, 4) is 0 Å². The highest BCUT2D eigenvalue weighted by Crippen LogP contribution is 2.52. The van der Waals surface area contributed by atoms with E-state index < -0.39 is 66.6 Å². The largest absolute Gasteiger partial charge is 0.478 e. The van der Waals surface area contributed by atoms with E-state index >= 15 is 0 Å². The number of carbonyl (C=O) groups excluding carboxylic acids is 5. The molecule has 0 aromatic heterocycles. The first-order valence-corrected chi connectivity index (χ1v) is 12.5. The van der Waals surface area contributed by atoms with E-state index in [-0.39, 0.29) is 31.9 Å². The summed E-state index contributed by atoms with van der Waals surface area (Å²) in [6.45, 7) is 3.16. The van der Waals surface area contributed by atoms with Crippen LogP contribution in [0.1, 0.15) is 33.1 Å². The second-order valence-corrected chi connectivity index (χ2v) is 10.4. The van der Waals surface area contributed by atoms with Crippen molar-refractivity contribution >= 4 is 54.1 Å². The number of thioether (sulfide) groups is 1. The van der Waals surface area contributed by atoms with E-state index in [1.807, 2.05) is 0 Å². The number of carboxylic acid groups (broad SMARTS) is 1. The number of aliphatic carboxylic acids is 1. The van der Waals surface area contributed by atoms with Crippen LogP contribution < -0.4 is 10.6 Å². The van der Waals surface area contributed by atoms with Gasteiger partial charge in [0.2, 0.25) is 11.8 Å². The van der Waals surface area contributed by atoms with E-state index in [4.69, 9.17) is 14.2 Å². The number of rotatable bonds is 13. The lowest BCUT2D eigenvalue weighted by Gasteiger charge is -2.38. The number of amides is 2. The van der Waals surface area contributed by atoms with Crippen molar-refractivity contribution in [2.75, 3.05) is 25.4 Å². The quantitative estimate of drug-likeness (QED) is 0.109. The van der Waals surface area contributed by atoms with Crippen molar-refractivity contribution in [2.24, 2.45) is 5.41 Å². The molecule has 4 N–H and O–H groups in total. The molecule has 1 saturated heterocycles. The Labute approximate surface area is 199 Å². The maximum atomic E-state index is 12.3. The van der Waals surface area contributed by atoms with Crippen LogP contribution in [-0.4, -0.2) is 76.0 Å². The fourth-order valence-corrected chi connectivity index (χ4v) is 4.46. The van der Waals surface area contributed by atoms with E-state index in [9.17, 15) is 38.2 Å². The molecule has 2 amide bonds. The number of phosphoric ester groups is 1. The molecule has 0 radical (unpaired) electrons. The monoisotopic (exact) mass is 522 g/mol. The summed E-state index contributed by atoms with van der Waals surface area (Å²) in [5.41, 5.74) is -0.851. The van der Waals surface area contributed by atoms with Crippen molar-refractivity contribution in [1.29, 1.82) is 0 Å². The normalized spacial score (nSPS) is 21.6. The van der Waals surface area contributed by atoms with Gasteiger partial charge in [-0.1, -0.05) is 25.6 Å². The fourth-order valence-electron chi connectivity index (χ4n) is 2.56. The lowest BCUT2D eigenvalue weighted by molar-refractivity contribution is -0.141. The summed E-state index contributed by atoms with van der Waals surface area (Å²) in [6.07, 6.45) is -1.04. The van der Waals surface area contributed by atoms with Crippen molar-refractivity contribution in [1.82, 2.24) is 10.6 Å². The van der Waals surface area contributed by atoms with E-state index in [2.05, 4.69) is 10.6 Å². The number of allylic oxidation sites excluding steroid dienone is 1. The molecule has 0 aromatic carbocycles. The van der Waals surface area contributed by atoms with Crippen molar-refractivity contribution in [2.45, 2.75) is 39.2 Å².